The van der Waals surface area contributed by atoms with Crippen LogP contribution in [-0.2, 0) is 4.79 Å². The number of benzene rings is 1. The van der Waals surface area contributed by atoms with E-state index in [4.69, 9.17) is 0 Å². The zero-order valence-corrected chi connectivity index (χ0v) is 12.3. The Morgan fingerprint density at radius 2 is 2.00 bits per heavy atom. The Balaban J connectivity index is 2.74. The molecule has 0 spiro atoms. The highest BCUT2D eigenvalue weighted by Gasteiger charge is 2.11. The van der Waals surface area contributed by atoms with Crippen LogP contribution in [0.1, 0.15) is 31.9 Å². The van der Waals surface area contributed by atoms with E-state index in [9.17, 15) is 4.79 Å². The molecule has 0 unspecified atom stereocenters. The summed E-state index contributed by atoms with van der Waals surface area (Å²) >= 11 is 3.48. The minimum atomic E-state index is -0.202. The average Bonchev–Trinajstić information content (AvgIpc) is 2.13. The number of hydrogen-bond acceptors (Lipinski definition) is 1. The van der Waals surface area contributed by atoms with E-state index in [2.05, 4.69) is 21.2 Å². The van der Waals surface area contributed by atoms with Gasteiger partial charge in [-0.1, -0.05) is 28.1 Å². The highest BCUT2D eigenvalue weighted by Crippen LogP contribution is 2.19. The summed E-state index contributed by atoms with van der Waals surface area (Å²) in [6.45, 7) is 7.91. The molecule has 1 rings (SSSR count). The quantitative estimate of drug-likeness (QED) is 0.829. The lowest BCUT2D eigenvalue weighted by Crippen LogP contribution is -2.39. The maximum Gasteiger partial charge on any atom is 0.244 e. The predicted molar refractivity (Wildman–Crippen MR) is 75.8 cm³/mol. The zero-order valence-electron chi connectivity index (χ0n) is 10.7. The molecule has 0 fully saturated rings. The largest absolute Gasteiger partial charge is 0.348 e. The van der Waals surface area contributed by atoms with Gasteiger partial charge < -0.3 is 5.32 Å². The second kappa shape index (κ2) is 5.50. The van der Waals surface area contributed by atoms with Crippen LogP contribution in [0, 0.1) is 6.92 Å². The molecule has 1 aromatic carbocycles. The molecule has 92 valence electrons. The fourth-order valence-electron chi connectivity index (χ4n) is 1.34. The molecule has 2 nitrogen and oxygen atoms in total. The second-order valence-electron chi connectivity index (χ2n) is 5.10. The molecule has 0 saturated carbocycles. The first kappa shape index (κ1) is 14.0. The van der Waals surface area contributed by atoms with Gasteiger partial charge in [0, 0.05) is 16.1 Å². The van der Waals surface area contributed by atoms with E-state index in [0.29, 0.717) is 0 Å². The molecule has 0 saturated heterocycles. The third-order valence-corrected chi connectivity index (χ3v) is 2.76. The Bertz CT molecular complexity index is 444. The monoisotopic (exact) mass is 295 g/mol. The molecule has 1 amide bonds. The van der Waals surface area contributed by atoms with Crippen molar-refractivity contribution in [1.29, 1.82) is 0 Å². The summed E-state index contributed by atoms with van der Waals surface area (Å²) in [5, 5.41) is 2.88. The van der Waals surface area contributed by atoms with Gasteiger partial charge in [-0.05, 0) is 51.0 Å². The normalized spacial score (nSPS) is 11.8. The Morgan fingerprint density at radius 1 is 1.35 bits per heavy atom. The fraction of sp³-hybridized carbons (Fsp3) is 0.357. The minimum absolute atomic E-state index is 0.0787. The summed E-state index contributed by atoms with van der Waals surface area (Å²) in [7, 11) is 0. The Morgan fingerprint density at radius 3 is 2.53 bits per heavy atom. The van der Waals surface area contributed by atoms with Gasteiger partial charge in [-0.15, -0.1) is 0 Å². The molecule has 0 aliphatic carbocycles. The summed E-state index contributed by atoms with van der Waals surface area (Å²) in [6.07, 6.45) is 3.37. The van der Waals surface area contributed by atoms with E-state index in [1.54, 1.807) is 6.08 Å². The Kier molecular flexibility index (Phi) is 4.52. The Labute approximate surface area is 111 Å². The van der Waals surface area contributed by atoms with Gasteiger partial charge in [0.25, 0.3) is 0 Å². The molecular formula is C14H18BrNO. The van der Waals surface area contributed by atoms with Gasteiger partial charge in [0.05, 0.1) is 0 Å². The van der Waals surface area contributed by atoms with Crippen molar-refractivity contribution in [2.45, 2.75) is 33.2 Å². The number of rotatable bonds is 2. The summed E-state index contributed by atoms with van der Waals surface area (Å²) < 4.78 is 0.998. The van der Waals surface area contributed by atoms with E-state index < -0.39 is 0 Å². The van der Waals surface area contributed by atoms with Gasteiger partial charge in [-0.25, -0.2) is 0 Å². The van der Waals surface area contributed by atoms with Crippen LogP contribution in [-0.4, -0.2) is 11.4 Å². The van der Waals surface area contributed by atoms with Crippen LogP contribution in [0.5, 0.6) is 0 Å². The number of aryl methyl sites for hydroxylation is 1. The topological polar surface area (TPSA) is 29.1 Å². The lowest BCUT2D eigenvalue weighted by molar-refractivity contribution is -0.117. The standard InChI is InChI=1S/C14H18BrNO/c1-10-5-6-11(12(15)9-10)7-8-13(17)16-14(2,3)4/h5-9H,1-4H3,(H,16,17). The third-order valence-electron chi connectivity index (χ3n) is 2.07. The van der Waals surface area contributed by atoms with Crippen molar-refractivity contribution in [1.82, 2.24) is 5.32 Å². The van der Waals surface area contributed by atoms with Gasteiger partial charge in [0.2, 0.25) is 5.91 Å². The molecule has 17 heavy (non-hydrogen) atoms. The van der Waals surface area contributed by atoms with Crippen molar-refractivity contribution in [2.24, 2.45) is 0 Å². The van der Waals surface area contributed by atoms with E-state index >= 15 is 0 Å². The van der Waals surface area contributed by atoms with E-state index in [0.717, 1.165) is 10.0 Å². The van der Waals surface area contributed by atoms with Crippen molar-refractivity contribution >= 4 is 27.9 Å². The van der Waals surface area contributed by atoms with Gasteiger partial charge in [0.15, 0.2) is 0 Å². The van der Waals surface area contributed by atoms with Crippen LogP contribution in [0.25, 0.3) is 6.08 Å². The lowest BCUT2D eigenvalue weighted by Gasteiger charge is -2.18. The van der Waals surface area contributed by atoms with Crippen LogP contribution < -0.4 is 5.32 Å². The smallest absolute Gasteiger partial charge is 0.244 e. The molecular weight excluding hydrogens is 278 g/mol. The van der Waals surface area contributed by atoms with Crippen LogP contribution in [0.3, 0.4) is 0 Å². The SMILES string of the molecule is Cc1ccc(C=CC(=O)NC(C)(C)C)c(Br)c1. The van der Waals surface area contributed by atoms with Crippen molar-refractivity contribution in [3.05, 3.63) is 39.9 Å². The van der Waals surface area contributed by atoms with Crippen LogP contribution in [0.15, 0.2) is 28.7 Å². The van der Waals surface area contributed by atoms with Gasteiger partial charge >= 0.3 is 0 Å². The third kappa shape index (κ3) is 5.18. The Hall–Kier alpha value is -1.09. The van der Waals surface area contributed by atoms with Crippen molar-refractivity contribution in [2.75, 3.05) is 0 Å². The van der Waals surface area contributed by atoms with Crippen molar-refractivity contribution in [3.8, 4) is 0 Å². The minimum Gasteiger partial charge on any atom is -0.348 e. The predicted octanol–water partition coefficient (Wildman–Crippen LogP) is 3.69. The van der Waals surface area contributed by atoms with Gasteiger partial charge in [0.1, 0.15) is 0 Å². The number of carbonyl (C=O) groups is 1. The second-order valence-corrected chi connectivity index (χ2v) is 5.95. The van der Waals surface area contributed by atoms with Gasteiger partial charge in [-0.2, -0.15) is 0 Å². The van der Waals surface area contributed by atoms with Crippen molar-refractivity contribution < 1.29 is 4.79 Å². The first-order valence-electron chi connectivity index (χ1n) is 5.54. The summed E-state index contributed by atoms with van der Waals surface area (Å²) in [5.74, 6) is -0.0787. The molecule has 0 radical (unpaired) electrons. The molecule has 0 aliphatic heterocycles. The molecule has 0 bridgehead atoms. The van der Waals surface area contributed by atoms with E-state index in [1.165, 1.54) is 5.56 Å². The molecule has 0 aromatic heterocycles. The summed E-state index contributed by atoms with van der Waals surface area (Å²) in [6, 6.07) is 6.04. The number of amides is 1. The molecule has 0 aliphatic rings. The number of carbonyl (C=O) groups excluding carboxylic acids is 1. The number of nitrogens with one attached hydrogen (secondary N) is 1. The van der Waals surface area contributed by atoms with Crippen LogP contribution in [0.4, 0.5) is 0 Å². The van der Waals surface area contributed by atoms with Crippen LogP contribution >= 0.6 is 15.9 Å². The number of halogens is 1. The maximum atomic E-state index is 11.6. The number of hydrogen-bond donors (Lipinski definition) is 1. The average molecular weight is 296 g/mol. The molecule has 0 heterocycles. The zero-order chi connectivity index (χ0) is 13.1. The highest BCUT2D eigenvalue weighted by molar-refractivity contribution is 9.10. The molecule has 3 heteroatoms. The lowest BCUT2D eigenvalue weighted by atomic mass is 10.1. The van der Waals surface area contributed by atoms with Gasteiger partial charge in [-0.3, -0.25) is 4.79 Å². The summed E-state index contributed by atoms with van der Waals surface area (Å²) in [4.78, 5) is 11.6. The molecule has 1 N–H and O–H groups in total. The highest BCUT2D eigenvalue weighted by atomic mass is 79.9. The van der Waals surface area contributed by atoms with E-state index in [-0.39, 0.29) is 11.4 Å². The first-order valence-corrected chi connectivity index (χ1v) is 6.33. The maximum absolute atomic E-state index is 11.6. The van der Waals surface area contributed by atoms with E-state index in [1.807, 2.05) is 52.0 Å². The molecule has 1 aromatic rings. The van der Waals surface area contributed by atoms with Crippen molar-refractivity contribution in [3.63, 3.8) is 0 Å². The fourth-order valence-corrected chi connectivity index (χ4v) is 1.97. The van der Waals surface area contributed by atoms with Crippen LogP contribution in [0.2, 0.25) is 0 Å². The summed E-state index contributed by atoms with van der Waals surface area (Å²) in [5.41, 5.74) is 1.99. The first-order chi connectivity index (χ1) is 7.78. The molecule has 0 atom stereocenters.